The number of rotatable bonds is 5. The van der Waals surface area contributed by atoms with Crippen molar-refractivity contribution >= 4 is 67.8 Å². The molecule has 0 atom stereocenters. The summed E-state index contributed by atoms with van der Waals surface area (Å²) >= 11 is 4.95. The third kappa shape index (κ3) is 4.79. The minimum absolute atomic E-state index is 0.0861. The summed E-state index contributed by atoms with van der Waals surface area (Å²) in [5.74, 6) is -1.03. The molecular weight excluding hydrogens is 494 g/mol. The smallest absolute Gasteiger partial charge is 0.337 e. The number of esters is 1. The molecule has 2 amide bonds. The Morgan fingerprint density at radius 1 is 1.12 bits per heavy atom. The number of amides is 2. The zero-order valence-electron chi connectivity index (χ0n) is 17.0. The topological polar surface area (TPSA) is 88.1 Å². The Morgan fingerprint density at radius 3 is 2.56 bits per heavy atom. The van der Waals surface area contributed by atoms with Gasteiger partial charge in [0.15, 0.2) is 0 Å². The Hall–Kier alpha value is -3.30. The molecule has 0 spiro atoms. The van der Waals surface area contributed by atoms with Gasteiger partial charge in [0.25, 0.3) is 0 Å². The van der Waals surface area contributed by atoms with Crippen molar-refractivity contribution in [2.45, 2.75) is 6.42 Å². The SMILES string of the molecule is COC(=O)c1ccc(NC(=O)CN2C(=O)CC(c3ccc(Br)s3)=Nc3ccccc32)cc1. The molecule has 162 valence electrons. The van der Waals surface area contributed by atoms with Crippen LogP contribution in [-0.2, 0) is 14.3 Å². The van der Waals surface area contributed by atoms with Gasteiger partial charge in [-0.05, 0) is 64.5 Å². The zero-order valence-corrected chi connectivity index (χ0v) is 19.4. The number of aliphatic imine (C=N–C) groups is 1. The molecule has 2 aromatic carbocycles. The van der Waals surface area contributed by atoms with E-state index in [9.17, 15) is 14.4 Å². The summed E-state index contributed by atoms with van der Waals surface area (Å²) in [7, 11) is 1.31. The van der Waals surface area contributed by atoms with Crippen molar-refractivity contribution in [2.75, 3.05) is 23.9 Å². The number of hydrogen-bond acceptors (Lipinski definition) is 6. The predicted molar refractivity (Wildman–Crippen MR) is 128 cm³/mol. The Labute approximate surface area is 196 Å². The van der Waals surface area contributed by atoms with Gasteiger partial charge < -0.3 is 15.0 Å². The molecule has 7 nitrogen and oxygen atoms in total. The van der Waals surface area contributed by atoms with Gasteiger partial charge in [0.05, 0.1) is 44.8 Å². The Kier molecular flexibility index (Phi) is 6.48. The van der Waals surface area contributed by atoms with E-state index in [1.54, 1.807) is 30.3 Å². The van der Waals surface area contributed by atoms with Gasteiger partial charge >= 0.3 is 5.97 Å². The molecule has 0 fully saturated rings. The first kappa shape index (κ1) is 21.9. The van der Waals surface area contributed by atoms with Crippen molar-refractivity contribution < 1.29 is 19.1 Å². The fourth-order valence-electron chi connectivity index (χ4n) is 3.28. The van der Waals surface area contributed by atoms with Gasteiger partial charge in [-0.25, -0.2) is 9.79 Å². The second kappa shape index (κ2) is 9.46. The van der Waals surface area contributed by atoms with Crippen LogP contribution in [0.5, 0.6) is 0 Å². The van der Waals surface area contributed by atoms with Crippen molar-refractivity contribution in [3.8, 4) is 0 Å². The molecule has 0 unspecified atom stereocenters. The van der Waals surface area contributed by atoms with Gasteiger partial charge in [0, 0.05) is 5.69 Å². The van der Waals surface area contributed by atoms with Crippen LogP contribution in [0.2, 0.25) is 0 Å². The molecule has 1 N–H and O–H groups in total. The van der Waals surface area contributed by atoms with Gasteiger partial charge in [0.1, 0.15) is 6.54 Å². The maximum Gasteiger partial charge on any atom is 0.337 e. The van der Waals surface area contributed by atoms with Gasteiger partial charge in [0.2, 0.25) is 11.8 Å². The van der Waals surface area contributed by atoms with Gasteiger partial charge in [-0.3, -0.25) is 9.59 Å². The lowest BCUT2D eigenvalue weighted by molar-refractivity contribution is -0.120. The van der Waals surface area contributed by atoms with Crippen molar-refractivity contribution in [2.24, 2.45) is 4.99 Å². The van der Waals surface area contributed by atoms with Crippen LogP contribution in [0, 0.1) is 0 Å². The Bertz CT molecular complexity index is 1220. The molecule has 9 heteroatoms. The summed E-state index contributed by atoms with van der Waals surface area (Å²) in [5.41, 5.74) is 2.78. The van der Waals surface area contributed by atoms with Crippen molar-refractivity contribution in [3.63, 3.8) is 0 Å². The number of benzene rings is 2. The lowest BCUT2D eigenvalue weighted by Gasteiger charge is -2.21. The highest BCUT2D eigenvalue weighted by molar-refractivity contribution is 9.11. The van der Waals surface area contributed by atoms with E-state index in [4.69, 9.17) is 4.99 Å². The number of ether oxygens (including phenoxy) is 1. The van der Waals surface area contributed by atoms with E-state index >= 15 is 0 Å². The predicted octanol–water partition coefficient (Wildman–Crippen LogP) is 4.79. The summed E-state index contributed by atoms with van der Waals surface area (Å²) in [6.07, 6.45) is 0.0861. The van der Waals surface area contributed by atoms with Crippen LogP contribution in [0.4, 0.5) is 17.1 Å². The molecule has 32 heavy (non-hydrogen) atoms. The van der Waals surface area contributed by atoms with E-state index < -0.39 is 5.97 Å². The molecule has 2 heterocycles. The highest BCUT2D eigenvalue weighted by Crippen LogP contribution is 2.34. The fraction of sp³-hybridized carbons (Fsp3) is 0.130. The van der Waals surface area contributed by atoms with Crippen LogP contribution in [0.15, 0.2) is 69.4 Å². The lowest BCUT2D eigenvalue weighted by Crippen LogP contribution is -2.38. The minimum atomic E-state index is -0.455. The first-order valence-electron chi connectivity index (χ1n) is 9.65. The molecule has 3 aromatic rings. The molecule has 0 aliphatic carbocycles. The minimum Gasteiger partial charge on any atom is -0.465 e. The number of para-hydroxylation sites is 2. The number of anilines is 2. The van der Waals surface area contributed by atoms with Crippen LogP contribution in [0.1, 0.15) is 21.7 Å². The number of thiophene rings is 1. The molecule has 1 aliphatic rings. The molecule has 4 rings (SSSR count). The maximum atomic E-state index is 13.1. The van der Waals surface area contributed by atoms with E-state index in [0.29, 0.717) is 28.3 Å². The Balaban J connectivity index is 1.53. The molecule has 0 saturated heterocycles. The quantitative estimate of drug-likeness (QED) is 0.498. The number of nitrogens with one attached hydrogen (secondary N) is 1. The van der Waals surface area contributed by atoms with E-state index in [1.807, 2.05) is 30.3 Å². The molecule has 0 radical (unpaired) electrons. The van der Waals surface area contributed by atoms with Crippen LogP contribution < -0.4 is 10.2 Å². The van der Waals surface area contributed by atoms with Gasteiger partial charge in [-0.1, -0.05) is 12.1 Å². The second-order valence-electron chi connectivity index (χ2n) is 6.92. The molecular formula is C23H18BrN3O4S. The third-order valence-electron chi connectivity index (χ3n) is 4.80. The number of halogens is 1. The van der Waals surface area contributed by atoms with Gasteiger partial charge in [-0.2, -0.15) is 0 Å². The number of carbonyl (C=O) groups is 3. The summed E-state index contributed by atoms with van der Waals surface area (Å²) < 4.78 is 5.63. The van der Waals surface area contributed by atoms with Crippen LogP contribution in [-0.4, -0.2) is 37.1 Å². The monoisotopic (exact) mass is 511 g/mol. The summed E-state index contributed by atoms with van der Waals surface area (Å²) in [5, 5.41) is 2.76. The van der Waals surface area contributed by atoms with Crippen molar-refractivity contribution in [1.82, 2.24) is 0 Å². The maximum absolute atomic E-state index is 13.1. The molecule has 0 bridgehead atoms. The summed E-state index contributed by atoms with van der Waals surface area (Å²) in [6.45, 7) is -0.161. The number of carbonyl (C=O) groups excluding carboxylic acids is 3. The molecule has 0 saturated carbocycles. The third-order valence-corrected chi connectivity index (χ3v) is 6.47. The molecule has 1 aliphatic heterocycles. The first-order valence-corrected chi connectivity index (χ1v) is 11.3. The highest BCUT2D eigenvalue weighted by atomic mass is 79.9. The average molecular weight is 512 g/mol. The van der Waals surface area contributed by atoms with E-state index in [1.165, 1.54) is 23.3 Å². The zero-order chi connectivity index (χ0) is 22.7. The summed E-state index contributed by atoms with van der Waals surface area (Å²) in [6, 6.07) is 17.4. The number of hydrogen-bond donors (Lipinski definition) is 1. The average Bonchev–Trinajstić information content (AvgIpc) is 3.18. The largest absolute Gasteiger partial charge is 0.465 e. The van der Waals surface area contributed by atoms with Crippen LogP contribution in [0.25, 0.3) is 0 Å². The van der Waals surface area contributed by atoms with Crippen LogP contribution in [0.3, 0.4) is 0 Å². The van der Waals surface area contributed by atoms with Crippen LogP contribution >= 0.6 is 27.3 Å². The number of fused-ring (bicyclic) bond motifs is 1. The van der Waals surface area contributed by atoms with Crippen molar-refractivity contribution in [1.29, 1.82) is 0 Å². The Morgan fingerprint density at radius 2 is 1.88 bits per heavy atom. The normalized spacial score (nSPS) is 13.1. The first-order chi connectivity index (χ1) is 15.4. The number of nitrogens with zero attached hydrogens (tertiary/aromatic N) is 2. The van der Waals surface area contributed by atoms with E-state index in [-0.39, 0.29) is 24.8 Å². The standard InChI is InChI=1S/C23H18BrN3O4S/c1-31-23(30)14-6-8-15(9-7-14)25-21(28)13-27-18-5-3-2-4-16(18)26-17(12-22(27)29)19-10-11-20(24)32-19/h2-11H,12-13H2,1H3,(H,25,28). The van der Waals surface area contributed by atoms with E-state index in [2.05, 4.69) is 26.0 Å². The fourth-order valence-corrected chi connectivity index (χ4v) is 4.65. The second-order valence-corrected chi connectivity index (χ2v) is 9.39. The number of methoxy groups -OCH3 is 1. The molecule has 1 aromatic heterocycles. The lowest BCUT2D eigenvalue weighted by atomic mass is 10.2. The van der Waals surface area contributed by atoms with E-state index in [0.717, 1.165) is 8.66 Å². The van der Waals surface area contributed by atoms with Crippen molar-refractivity contribution in [3.05, 3.63) is 74.9 Å². The highest BCUT2D eigenvalue weighted by Gasteiger charge is 2.27. The van der Waals surface area contributed by atoms with Gasteiger partial charge in [-0.15, -0.1) is 11.3 Å². The summed E-state index contributed by atoms with van der Waals surface area (Å²) in [4.78, 5) is 44.5.